The van der Waals surface area contributed by atoms with Gasteiger partial charge in [0.1, 0.15) is 11.5 Å². The standard InChI is InChI=1S/C33H36O6/c1-24(16-21-31(37-4)25(2)36-3)15-19-29(34)28(14-10-13-26-11-8-7-9-12-26)30(35)20-17-27-18-22-32(38-5)33(23-27)39-6/h7-13,15-23,34H,1,14H2,2-6H3/b13-10+,19-15+,20-17+,21-16-,29-28?,31-25-. The molecule has 0 heterocycles. The molecule has 2 rings (SSSR count). The van der Waals surface area contributed by atoms with Gasteiger partial charge in [-0.3, -0.25) is 4.79 Å². The highest BCUT2D eigenvalue weighted by Gasteiger charge is 2.11. The first kappa shape index (κ1) is 30.5. The van der Waals surface area contributed by atoms with Crippen LogP contribution >= 0.6 is 0 Å². The van der Waals surface area contributed by atoms with Crippen LogP contribution in [0.25, 0.3) is 12.2 Å². The Morgan fingerprint density at radius 1 is 0.821 bits per heavy atom. The van der Waals surface area contributed by atoms with E-state index in [0.29, 0.717) is 28.6 Å². The molecule has 2 aromatic carbocycles. The Labute approximate surface area is 231 Å². The second-order valence-electron chi connectivity index (χ2n) is 8.26. The third kappa shape index (κ3) is 9.93. The number of rotatable bonds is 14. The number of allylic oxidation sites excluding steroid dienone is 9. The number of ketones is 1. The Balaban J connectivity index is 2.32. The summed E-state index contributed by atoms with van der Waals surface area (Å²) >= 11 is 0. The Morgan fingerprint density at radius 2 is 1.51 bits per heavy atom. The minimum Gasteiger partial charge on any atom is -0.508 e. The summed E-state index contributed by atoms with van der Waals surface area (Å²) in [5.74, 6) is 1.83. The highest BCUT2D eigenvalue weighted by molar-refractivity contribution is 6.07. The average Bonchev–Trinajstić information content (AvgIpc) is 2.97. The van der Waals surface area contributed by atoms with Crippen LogP contribution < -0.4 is 9.47 Å². The Bertz CT molecular complexity index is 1310. The number of methoxy groups -OCH3 is 4. The quantitative estimate of drug-likeness (QED) is 0.157. The van der Waals surface area contributed by atoms with Gasteiger partial charge in [-0.05, 0) is 60.4 Å². The van der Waals surface area contributed by atoms with Crippen molar-refractivity contribution >= 4 is 17.9 Å². The number of hydrogen-bond acceptors (Lipinski definition) is 6. The van der Waals surface area contributed by atoms with Crippen LogP contribution in [0.1, 0.15) is 24.5 Å². The van der Waals surface area contributed by atoms with Gasteiger partial charge in [0.05, 0.1) is 28.4 Å². The maximum atomic E-state index is 13.2. The van der Waals surface area contributed by atoms with Crippen LogP contribution in [0.3, 0.4) is 0 Å². The molecule has 0 spiro atoms. The van der Waals surface area contributed by atoms with E-state index in [1.807, 2.05) is 48.6 Å². The van der Waals surface area contributed by atoms with Crippen LogP contribution in [0.4, 0.5) is 0 Å². The molecule has 0 saturated carbocycles. The molecule has 39 heavy (non-hydrogen) atoms. The Kier molecular flexibility index (Phi) is 12.7. The molecule has 0 aliphatic heterocycles. The molecule has 1 N–H and O–H groups in total. The molecule has 204 valence electrons. The Hall–Kier alpha value is -4.71. The molecule has 6 nitrogen and oxygen atoms in total. The molecule has 0 unspecified atom stereocenters. The van der Waals surface area contributed by atoms with E-state index < -0.39 is 0 Å². The normalized spacial score (nSPS) is 13.1. The predicted molar refractivity (Wildman–Crippen MR) is 157 cm³/mol. The minimum atomic E-state index is -0.328. The van der Waals surface area contributed by atoms with Gasteiger partial charge < -0.3 is 24.1 Å². The molecule has 0 saturated heterocycles. The molecule has 0 aliphatic rings. The van der Waals surface area contributed by atoms with Crippen molar-refractivity contribution in [2.24, 2.45) is 0 Å². The van der Waals surface area contributed by atoms with Crippen molar-refractivity contribution < 1.29 is 28.8 Å². The smallest absolute Gasteiger partial charge is 0.185 e. The van der Waals surface area contributed by atoms with E-state index in [1.165, 1.54) is 12.2 Å². The molecule has 0 aliphatic carbocycles. The van der Waals surface area contributed by atoms with Gasteiger partial charge in [-0.25, -0.2) is 0 Å². The van der Waals surface area contributed by atoms with E-state index >= 15 is 0 Å². The molecule has 6 heteroatoms. The van der Waals surface area contributed by atoms with Gasteiger partial charge in [0, 0.05) is 5.57 Å². The highest BCUT2D eigenvalue weighted by atomic mass is 16.5. The summed E-state index contributed by atoms with van der Waals surface area (Å²) in [6, 6.07) is 15.1. The van der Waals surface area contributed by atoms with Crippen LogP contribution in [0.5, 0.6) is 11.5 Å². The minimum absolute atomic E-state index is 0.153. The van der Waals surface area contributed by atoms with Crippen molar-refractivity contribution in [1.29, 1.82) is 0 Å². The van der Waals surface area contributed by atoms with E-state index in [9.17, 15) is 9.90 Å². The molecule has 2 aromatic rings. The van der Waals surface area contributed by atoms with Crippen molar-refractivity contribution in [3.63, 3.8) is 0 Å². The number of aliphatic hydroxyl groups is 1. The lowest BCUT2D eigenvalue weighted by Crippen LogP contribution is -2.02. The maximum Gasteiger partial charge on any atom is 0.185 e. The molecule has 0 radical (unpaired) electrons. The van der Waals surface area contributed by atoms with E-state index in [0.717, 1.165) is 11.1 Å². The number of hydrogen-bond donors (Lipinski definition) is 1. The van der Waals surface area contributed by atoms with Crippen molar-refractivity contribution in [3.05, 3.63) is 131 Å². The summed E-state index contributed by atoms with van der Waals surface area (Å²) in [5.41, 5.74) is 2.57. The molecular formula is C33H36O6. The van der Waals surface area contributed by atoms with Gasteiger partial charge in [0.25, 0.3) is 0 Å². The first-order valence-electron chi connectivity index (χ1n) is 12.2. The highest BCUT2D eigenvalue weighted by Crippen LogP contribution is 2.28. The number of ether oxygens (including phenoxy) is 4. The van der Waals surface area contributed by atoms with Crippen LogP contribution in [0.2, 0.25) is 0 Å². The molecule has 0 fully saturated rings. The SMILES string of the molecule is C=C(/C=C\C(OC)=C(/C)OC)/C=C/C(O)=C(C/C=C/c1ccccc1)C(=O)/C=C/c1ccc(OC)c(OC)c1. The van der Waals surface area contributed by atoms with Gasteiger partial charge in [-0.15, -0.1) is 0 Å². The predicted octanol–water partition coefficient (Wildman–Crippen LogP) is 7.39. The molecule has 0 amide bonds. The van der Waals surface area contributed by atoms with Crippen LogP contribution in [0.15, 0.2) is 120 Å². The number of aliphatic hydroxyl groups excluding tert-OH is 1. The van der Waals surface area contributed by atoms with Gasteiger partial charge in [-0.1, -0.05) is 73.4 Å². The number of carbonyl (C=O) groups is 1. The summed E-state index contributed by atoms with van der Waals surface area (Å²) < 4.78 is 21.1. The summed E-state index contributed by atoms with van der Waals surface area (Å²) in [6.07, 6.45) is 13.6. The van der Waals surface area contributed by atoms with Gasteiger partial charge in [-0.2, -0.15) is 0 Å². The first-order valence-corrected chi connectivity index (χ1v) is 12.2. The second-order valence-corrected chi connectivity index (χ2v) is 8.26. The fourth-order valence-corrected chi connectivity index (χ4v) is 3.39. The zero-order chi connectivity index (χ0) is 28.6. The lowest BCUT2D eigenvalue weighted by atomic mass is 10.0. The van der Waals surface area contributed by atoms with Crippen LogP contribution in [0, 0.1) is 0 Å². The van der Waals surface area contributed by atoms with Crippen molar-refractivity contribution in [3.8, 4) is 11.5 Å². The summed E-state index contributed by atoms with van der Waals surface area (Å²) in [5, 5.41) is 10.9. The lowest BCUT2D eigenvalue weighted by Gasteiger charge is -2.08. The molecule has 0 bridgehead atoms. The molecule has 0 atom stereocenters. The fourth-order valence-electron chi connectivity index (χ4n) is 3.39. The first-order chi connectivity index (χ1) is 18.8. The Morgan fingerprint density at radius 3 is 2.15 bits per heavy atom. The molecule has 0 aromatic heterocycles. The van der Waals surface area contributed by atoms with E-state index in [4.69, 9.17) is 18.9 Å². The van der Waals surface area contributed by atoms with Gasteiger partial charge in [0.2, 0.25) is 0 Å². The average molecular weight is 529 g/mol. The van der Waals surface area contributed by atoms with Crippen LogP contribution in [-0.2, 0) is 14.3 Å². The third-order valence-electron chi connectivity index (χ3n) is 5.65. The van der Waals surface area contributed by atoms with Gasteiger partial charge >= 0.3 is 0 Å². The maximum absolute atomic E-state index is 13.2. The summed E-state index contributed by atoms with van der Waals surface area (Å²) in [4.78, 5) is 13.2. The summed E-state index contributed by atoms with van der Waals surface area (Å²) in [6.45, 7) is 5.75. The van der Waals surface area contributed by atoms with Crippen LogP contribution in [-0.4, -0.2) is 39.3 Å². The second kappa shape index (κ2) is 16.2. The fraction of sp³-hybridized carbons (Fsp3) is 0.182. The van der Waals surface area contributed by atoms with Crippen molar-refractivity contribution in [1.82, 2.24) is 0 Å². The monoisotopic (exact) mass is 528 g/mol. The summed E-state index contributed by atoms with van der Waals surface area (Å²) in [7, 11) is 6.22. The zero-order valence-corrected chi connectivity index (χ0v) is 23.1. The van der Waals surface area contributed by atoms with Gasteiger partial charge in [0.15, 0.2) is 23.0 Å². The van der Waals surface area contributed by atoms with E-state index in [-0.39, 0.29) is 23.5 Å². The van der Waals surface area contributed by atoms with Crippen molar-refractivity contribution in [2.75, 3.05) is 28.4 Å². The van der Waals surface area contributed by atoms with Crippen molar-refractivity contribution in [2.45, 2.75) is 13.3 Å². The largest absolute Gasteiger partial charge is 0.508 e. The van der Waals surface area contributed by atoms with E-state index in [1.54, 1.807) is 71.8 Å². The molecular weight excluding hydrogens is 492 g/mol. The number of carbonyl (C=O) groups excluding carboxylic acids is 1. The zero-order valence-electron chi connectivity index (χ0n) is 23.1. The third-order valence-corrected chi connectivity index (χ3v) is 5.65. The number of benzene rings is 2. The van der Waals surface area contributed by atoms with E-state index in [2.05, 4.69) is 6.58 Å². The lowest BCUT2D eigenvalue weighted by molar-refractivity contribution is -0.111. The topological polar surface area (TPSA) is 74.2 Å².